The molecule has 0 radical (unpaired) electrons. The maximum absolute atomic E-state index is 13.4. The number of esters is 1. The van der Waals surface area contributed by atoms with E-state index in [1.54, 1.807) is 26.0 Å². The van der Waals surface area contributed by atoms with E-state index in [2.05, 4.69) is 19.8 Å². The number of halogens is 2. The lowest BCUT2D eigenvalue weighted by Gasteiger charge is -2.35. The zero-order valence-corrected chi connectivity index (χ0v) is 19.7. The largest absolute Gasteiger partial charge is 0.586 e. The third kappa shape index (κ3) is 4.19. The van der Waals surface area contributed by atoms with Crippen molar-refractivity contribution >= 4 is 17.7 Å². The first-order chi connectivity index (χ1) is 16.0. The smallest absolute Gasteiger partial charge is 0.468 e. The van der Waals surface area contributed by atoms with Crippen LogP contribution < -0.4 is 14.8 Å². The van der Waals surface area contributed by atoms with Gasteiger partial charge in [-0.05, 0) is 62.9 Å². The van der Waals surface area contributed by atoms with Gasteiger partial charge in [0.2, 0.25) is 5.91 Å². The summed E-state index contributed by atoms with van der Waals surface area (Å²) in [5.74, 6) is -0.619. The molecule has 182 valence electrons. The predicted molar refractivity (Wildman–Crippen MR) is 120 cm³/mol. The van der Waals surface area contributed by atoms with Gasteiger partial charge in [-0.15, -0.1) is 8.78 Å². The van der Waals surface area contributed by atoms with E-state index in [0.29, 0.717) is 29.9 Å². The summed E-state index contributed by atoms with van der Waals surface area (Å²) in [4.78, 5) is 30.8. The Morgan fingerprint density at radius 1 is 1.06 bits per heavy atom. The first-order valence-electron chi connectivity index (χ1n) is 11.3. The van der Waals surface area contributed by atoms with Crippen LogP contribution in [0.15, 0.2) is 30.3 Å². The van der Waals surface area contributed by atoms with Crippen molar-refractivity contribution in [1.29, 1.82) is 0 Å². The number of nitrogens with one attached hydrogen (secondary N) is 1. The van der Waals surface area contributed by atoms with Crippen molar-refractivity contribution in [3.05, 3.63) is 47.2 Å². The molecule has 1 aliphatic heterocycles. The fraction of sp³-hybridized carbons (Fsp3) is 0.480. The Balaban J connectivity index is 1.61. The lowest BCUT2D eigenvalue weighted by atomic mass is 9.70. The predicted octanol–water partition coefficient (Wildman–Crippen LogP) is 5.00. The Bertz CT molecular complexity index is 1130. The van der Waals surface area contributed by atoms with E-state index >= 15 is 0 Å². The first kappa shape index (κ1) is 23.9. The topological polar surface area (TPSA) is 86.8 Å². The average molecular weight is 475 g/mol. The molecule has 2 aliphatic rings. The van der Waals surface area contributed by atoms with Crippen LogP contribution >= 0.6 is 0 Å². The zero-order valence-electron chi connectivity index (χ0n) is 19.7. The third-order valence-corrected chi connectivity index (χ3v) is 6.77. The molecule has 0 saturated heterocycles. The number of carbonyl (C=O) groups is 2. The number of aryl methyl sites for hydroxylation is 1. The van der Waals surface area contributed by atoms with Gasteiger partial charge in [0.25, 0.3) is 0 Å². The molecule has 0 spiro atoms. The monoisotopic (exact) mass is 474 g/mol. The molecule has 1 amide bonds. The van der Waals surface area contributed by atoms with Gasteiger partial charge in [-0.25, -0.2) is 4.98 Å². The number of alkyl halides is 2. The van der Waals surface area contributed by atoms with Gasteiger partial charge < -0.3 is 19.5 Å². The maximum Gasteiger partial charge on any atom is 0.586 e. The number of hydrogen-bond acceptors (Lipinski definition) is 6. The number of rotatable bonds is 5. The van der Waals surface area contributed by atoms with Crippen LogP contribution in [0.1, 0.15) is 62.8 Å². The van der Waals surface area contributed by atoms with E-state index in [4.69, 9.17) is 4.74 Å². The van der Waals surface area contributed by atoms with Gasteiger partial charge in [-0.3, -0.25) is 9.59 Å². The van der Waals surface area contributed by atoms with E-state index < -0.39 is 23.0 Å². The highest BCUT2D eigenvalue weighted by atomic mass is 19.3. The molecule has 4 rings (SSSR count). The molecule has 1 N–H and O–H groups in total. The lowest BCUT2D eigenvalue weighted by Crippen LogP contribution is -2.41. The number of pyridine rings is 1. The van der Waals surface area contributed by atoms with Crippen molar-refractivity contribution in [2.75, 3.05) is 12.4 Å². The van der Waals surface area contributed by atoms with Crippen LogP contribution in [0.25, 0.3) is 0 Å². The van der Waals surface area contributed by atoms with Crippen molar-refractivity contribution in [3.8, 4) is 11.5 Å². The van der Waals surface area contributed by atoms with Gasteiger partial charge in [0.15, 0.2) is 11.5 Å². The van der Waals surface area contributed by atoms with Crippen molar-refractivity contribution < 1.29 is 32.6 Å². The Kier molecular flexibility index (Phi) is 5.99. The summed E-state index contributed by atoms with van der Waals surface area (Å²) in [7, 11) is 1.38. The minimum atomic E-state index is -3.73. The van der Waals surface area contributed by atoms with Crippen LogP contribution in [-0.4, -0.2) is 30.3 Å². The summed E-state index contributed by atoms with van der Waals surface area (Å²) in [6.45, 7) is 5.23. The second-order valence-electron chi connectivity index (χ2n) is 9.40. The molecule has 1 fully saturated rings. The lowest BCUT2D eigenvalue weighted by molar-refractivity contribution is -0.286. The van der Waals surface area contributed by atoms with Crippen molar-refractivity contribution in [3.63, 3.8) is 0 Å². The number of nitrogens with zero attached hydrogens (tertiary/aromatic N) is 1. The molecule has 2 aromatic rings. The standard InChI is InChI=1S/C25H28F2N2O5/c1-15-8-11-19(28-20(15)24(22(31)32-4)12-6-5-7-13-24)29-21(30)23(2,3)16-9-10-17-18(14-16)34-25(26,27)33-17/h8-11,14H,5-7,12-13H2,1-4H3,(H,28,29,30). The van der Waals surface area contributed by atoms with E-state index in [1.807, 2.05) is 13.0 Å². The highest BCUT2D eigenvalue weighted by Gasteiger charge is 2.46. The number of ether oxygens (including phenoxy) is 3. The van der Waals surface area contributed by atoms with Crippen LogP contribution in [-0.2, 0) is 25.2 Å². The summed E-state index contributed by atoms with van der Waals surface area (Å²) in [6.07, 6.45) is 0.372. The molecular formula is C25H28F2N2O5. The number of methoxy groups -OCH3 is 1. The van der Waals surface area contributed by atoms with E-state index in [-0.39, 0.29) is 17.5 Å². The number of amides is 1. The molecule has 0 unspecified atom stereocenters. The molecular weight excluding hydrogens is 446 g/mol. The second-order valence-corrected chi connectivity index (χ2v) is 9.40. The Hall–Kier alpha value is -3.23. The molecule has 7 nitrogen and oxygen atoms in total. The number of fused-ring (bicyclic) bond motifs is 1. The fourth-order valence-corrected chi connectivity index (χ4v) is 4.71. The Labute approximate surface area is 196 Å². The molecule has 0 bridgehead atoms. The number of anilines is 1. The van der Waals surface area contributed by atoms with Gasteiger partial charge in [0.05, 0.1) is 18.2 Å². The fourth-order valence-electron chi connectivity index (χ4n) is 4.71. The van der Waals surface area contributed by atoms with Crippen LogP contribution in [0.2, 0.25) is 0 Å². The van der Waals surface area contributed by atoms with Gasteiger partial charge in [0, 0.05) is 0 Å². The molecule has 1 aliphatic carbocycles. The number of aromatic nitrogens is 1. The number of carbonyl (C=O) groups excluding carboxylic acids is 2. The normalized spacial score (nSPS) is 18.3. The summed E-state index contributed by atoms with van der Waals surface area (Å²) < 4.78 is 40.9. The average Bonchev–Trinajstić information content (AvgIpc) is 3.13. The summed E-state index contributed by atoms with van der Waals surface area (Å²) in [6, 6.07) is 7.78. The second kappa shape index (κ2) is 8.52. The SMILES string of the molecule is COC(=O)C1(c2nc(NC(=O)C(C)(C)c3ccc4c(c3)OC(F)(F)O4)ccc2C)CCCCC1. The van der Waals surface area contributed by atoms with Crippen LogP contribution in [0, 0.1) is 6.92 Å². The highest BCUT2D eigenvalue weighted by Crippen LogP contribution is 2.44. The van der Waals surface area contributed by atoms with Crippen molar-refractivity contribution in [2.45, 2.75) is 70.0 Å². The van der Waals surface area contributed by atoms with E-state index in [0.717, 1.165) is 24.8 Å². The van der Waals surface area contributed by atoms with Crippen molar-refractivity contribution in [1.82, 2.24) is 4.98 Å². The van der Waals surface area contributed by atoms with Gasteiger partial charge in [-0.1, -0.05) is 31.4 Å². The number of benzene rings is 1. The first-order valence-corrected chi connectivity index (χ1v) is 11.3. The zero-order chi connectivity index (χ0) is 24.7. The van der Waals surface area contributed by atoms with Crippen LogP contribution in [0.4, 0.5) is 14.6 Å². The molecule has 0 atom stereocenters. The van der Waals surface area contributed by atoms with Gasteiger partial charge in [0.1, 0.15) is 11.2 Å². The van der Waals surface area contributed by atoms with Crippen LogP contribution in [0.3, 0.4) is 0 Å². The maximum atomic E-state index is 13.4. The Morgan fingerprint density at radius 2 is 1.74 bits per heavy atom. The van der Waals surface area contributed by atoms with Gasteiger partial charge in [-0.2, -0.15) is 0 Å². The molecule has 1 aromatic heterocycles. The van der Waals surface area contributed by atoms with Crippen LogP contribution in [0.5, 0.6) is 11.5 Å². The molecule has 9 heteroatoms. The Morgan fingerprint density at radius 3 is 2.41 bits per heavy atom. The minimum absolute atomic E-state index is 0.0876. The molecule has 2 heterocycles. The van der Waals surface area contributed by atoms with E-state index in [9.17, 15) is 18.4 Å². The van der Waals surface area contributed by atoms with Crippen molar-refractivity contribution in [2.24, 2.45) is 0 Å². The quantitative estimate of drug-likeness (QED) is 0.614. The summed E-state index contributed by atoms with van der Waals surface area (Å²) in [5.41, 5.74) is -0.0130. The highest BCUT2D eigenvalue weighted by molar-refractivity contribution is 5.98. The molecule has 1 aromatic carbocycles. The third-order valence-electron chi connectivity index (χ3n) is 6.77. The minimum Gasteiger partial charge on any atom is -0.468 e. The molecule has 1 saturated carbocycles. The summed E-state index contributed by atoms with van der Waals surface area (Å²) >= 11 is 0. The number of hydrogen-bond donors (Lipinski definition) is 1. The summed E-state index contributed by atoms with van der Waals surface area (Å²) in [5, 5.41) is 2.82. The molecule has 34 heavy (non-hydrogen) atoms. The van der Waals surface area contributed by atoms with E-state index in [1.165, 1.54) is 19.2 Å². The van der Waals surface area contributed by atoms with Gasteiger partial charge >= 0.3 is 12.3 Å².